The van der Waals surface area contributed by atoms with Gasteiger partial charge in [0.25, 0.3) is 0 Å². The lowest BCUT2D eigenvalue weighted by molar-refractivity contribution is -0.0592. The summed E-state index contributed by atoms with van der Waals surface area (Å²) in [6.07, 6.45) is 4.24. The number of likely N-dealkylation sites (tertiary alicyclic amines) is 1. The predicted octanol–water partition coefficient (Wildman–Crippen LogP) is 5.13. The van der Waals surface area contributed by atoms with Gasteiger partial charge in [-0.3, -0.25) is 9.88 Å². The number of rotatable bonds is 10. The highest BCUT2D eigenvalue weighted by atomic mass is 16.5. The van der Waals surface area contributed by atoms with Gasteiger partial charge < -0.3 is 19.1 Å². The van der Waals surface area contributed by atoms with Crippen LogP contribution in [0.5, 0.6) is 5.75 Å². The highest BCUT2D eigenvalue weighted by Gasteiger charge is 2.25. The molecular formula is C33H35N5O4. The van der Waals surface area contributed by atoms with Crippen LogP contribution in [-0.4, -0.2) is 56.3 Å². The first-order valence-electron chi connectivity index (χ1n) is 14.6. The van der Waals surface area contributed by atoms with Crippen LogP contribution < -0.4 is 4.74 Å². The molecule has 0 unspecified atom stereocenters. The SMILES string of the molecule is Cc1ccc(OCc2cccc(CC3CCN(Cc4nc5ccc(C(=O)O)cc5n4C[C@@H]4CCO4)CC3)n2)c(C#N)c1. The Bertz CT molecular complexity index is 1630. The fraction of sp³-hybridized carbons (Fsp3) is 0.394. The number of benzene rings is 2. The quantitative estimate of drug-likeness (QED) is 0.282. The number of carboxylic acid groups (broad SMARTS) is 1. The Balaban J connectivity index is 1.06. The maximum absolute atomic E-state index is 11.6. The fourth-order valence-electron chi connectivity index (χ4n) is 5.84. The van der Waals surface area contributed by atoms with E-state index in [9.17, 15) is 15.2 Å². The smallest absolute Gasteiger partial charge is 0.335 e. The van der Waals surface area contributed by atoms with Gasteiger partial charge in [-0.05, 0) is 99.6 Å². The van der Waals surface area contributed by atoms with E-state index >= 15 is 0 Å². The Morgan fingerprint density at radius 3 is 2.64 bits per heavy atom. The van der Waals surface area contributed by atoms with Gasteiger partial charge in [0.1, 0.15) is 24.3 Å². The van der Waals surface area contributed by atoms with Crippen molar-refractivity contribution in [2.45, 2.75) is 58.4 Å². The van der Waals surface area contributed by atoms with Crippen LogP contribution in [0.2, 0.25) is 0 Å². The van der Waals surface area contributed by atoms with Gasteiger partial charge >= 0.3 is 5.97 Å². The maximum atomic E-state index is 11.6. The van der Waals surface area contributed by atoms with Crippen LogP contribution in [0.4, 0.5) is 0 Å². The van der Waals surface area contributed by atoms with E-state index in [4.69, 9.17) is 19.4 Å². The summed E-state index contributed by atoms with van der Waals surface area (Å²) < 4.78 is 13.8. The molecule has 2 aromatic heterocycles. The molecule has 2 fully saturated rings. The number of aromatic nitrogens is 3. The summed E-state index contributed by atoms with van der Waals surface area (Å²) in [6.45, 7) is 6.43. The van der Waals surface area contributed by atoms with Crippen molar-refractivity contribution >= 4 is 17.0 Å². The molecule has 2 aliphatic rings. The van der Waals surface area contributed by atoms with Crippen LogP contribution in [0.1, 0.15) is 58.0 Å². The third-order valence-electron chi connectivity index (χ3n) is 8.32. The van der Waals surface area contributed by atoms with Gasteiger partial charge in [-0.2, -0.15) is 5.26 Å². The summed E-state index contributed by atoms with van der Waals surface area (Å²) in [7, 11) is 0. The zero-order valence-electron chi connectivity index (χ0n) is 23.8. The summed E-state index contributed by atoms with van der Waals surface area (Å²) >= 11 is 0. The first kappa shape index (κ1) is 27.9. The molecule has 42 heavy (non-hydrogen) atoms. The van der Waals surface area contributed by atoms with Gasteiger partial charge in [0, 0.05) is 12.3 Å². The largest absolute Gasteiger partial charge is 0.486 e. The Morgan fingerprint density at radius 1 is 1.10 bits per heavy atom. The lowest BCUT2D eigenvalue weighted by atomic mass is 9.92. The van der Waals surface area contributed by atoms with Crippen molar-refractivity contribution in [2.24, 2.45) is 5.92 Å². The molecule has 1 N–H and O–H groups in total. The molecule has 0 radical (unpaired) electrons. The van der Waals surface area contributed by atoms with Crippen molar-refractivity contribution in [3.8, 4) is 11.8 Å². The van der Waals surface area contributed by atoms with Crippen molar-refractivity contribution in [3.63, 3.8) is 0 Å². The number of carboxylic acids is 1. The number of pyridine rings is 1. The normalized spacial score (nSPS) is 17.6. The number of hydrogen-bond donors (Lipinski definition) is 1. The molecular weight excluding hydrogens is 530 g/mol. The fourth-order valence-corrected chi connectivity index (χ4v) is 5.84. The molecule has 1 atom stereocenters. The summed E-state index contributed by atoms with van der Waals surface area (Å²) in [5.41, 5.74) is 5.44. The molecule has 0 spiro atoms. The van der Waals surface area contributed by atoms with Crippen molar-refractivity contribution in [3.05, 3.63) is 88.5 Å². The summed E-state index contributed by atoms with van der Waals surface area (Å²) in [5.74, 6) is 1.16. The Kier molecular flexibility index (Phi) is 8.17. The van der Waals surface area contributed by atoms with E-state index in [0.29, 0.717) is 30.4 Å². The van der Waals surface area contributed by atoms with E-state index < -0.39 is 5.97 Å². The van der Waals surface area contributed by atoms with Crippen molar-refractivity contribution in [1.29, 1.82) is 5.26 Å². The maximum Gasteiger partial charge on any atom is 0.335 e. The predicted molar refractivity (Wildman–Crippen MR) is 157 cm³/mol. The third kappa shape index (κ3) is 6.30. The summed E-state index contributed by atoms with van der Waals surface area (Å²) in [4.78, 5) is 23.8. The van der Waals surface area contributed by atoms with Crippen molar-refractivity contribution in [1.82, 2.24) is 19.4 Å². The molecule has 4 aromatic rings. The monoisotopic (exact) mass is 565 g/mol. The first-order valence-corrected chi connectivity index (χ1v) is 14.6. The molecule has 2 aliphatic heterocycles. The van der Waals surface area contributed by atoms with E-state index in [0.717, 1.165) is 85.7 Å². The number of aromatic carboxylic acids is 1. The zero-order chi connectivity index (χ0) is 29.1. The van der Waals surface area contributed by atoms with E-state index in [2.05, 4.69) is 21.6 Å². The first-order chi connectivity index (χ1) is 20.4. The van der Waals surface area contributed by atoms with E-state index in [-0.39, 0.29) is 11.7 Å². The molecule has 2 saturated heterocycles. The molecule has 0 bridgehead atoms. The zero-order valence-corrected chi connectivity index (χ0v) is 23.8. The average molecular weight is 566 g/mol. The van der Waals surface area contributed by atoms with E-state index in [1.165, 1.54) is 0 Å². The van der Waals surface area contributed by atoms with Gasteiger partial charge in [0.2, 0.25) is 0 Å². The number of nitrogens with zero attached hydrogens (tertiary/aromatic N) is 5. The second-order valence-electron chi connectivity index (χ2n) is 11.4. The van der Waals surface area contributed by atoms with Gasteiger partial charge in [0.05, 0.1) is 47.0 Å². The van der Waals surface area contributed by atoms with Crippen LogP contribution in [-0.2, 0) is 30.9 Å². The molecule has 0 saturated carbocycles. The van der Waals surface area contributed by atoms with Crippen molar-refractivity contribution < 1.29 is 19.4 Å². The lowest BCUT2D eigenvalue weighted by Crippen LogP contribution is -2.36. The van der Waals surface area contributed by atoms with Crippen LogP contribution in [0.15, 0.2) is 54.6 Å². The number of hydrogen-bond acceptors (Lipinski definition) is 7. The second kappa shape index (κ2) is 12.3. The van der Waals surface area contributed by atoms with Gasteiger partial charge in [-0.25, -0.2) is 9.78 Å². The minimum Gasteiger partial charge on any atom is -0.486 e. The van der Waals surface area contributed by atoms with Gasteiger partial charge in [-0.15, -0.1) is 0 Å². The van der Waals surface area contributed by atoms with Crippen LogP contribution in [0, 0.1) is 24.2 Å². The van der Waals surface area contributed by atoms with Gasteiger partial charge in [0.15, 0.2) is 0 Å². The molecule has 0 aliphatic carbocycles. The average Bonchev–Trinajstić information content (AvgIpc) is 3.31. The number of aryl methyl sites for hydroxylation is 1. The lowest BCUT2D eigenvalue weighted by Gasteiger charge is -2.32. The van der Waals surface area contributed by atoms with Crippen LogP contribution in [0.25, 0.3) is 11.0 Å². The standard InChI is InChI=1S/C33H35N5O4/c1-22-5-8-31(25(15-22)18-34)42-21-27-4-2-3-26(35-27)16-23-9-12-37(13-10-23)20-32-36-29-7-6-24(33(39)40)17-30(29)38(32)19-28-11-14-41-28/h2-8,15,17,23,28H,9-14,16,19-21H2,1H3,(H,39,40)/t28-/m0/s1. The molecule has 216 valence electrons. The van der Waals surface area contributed by atoms with E-state index in [1.807, 2.05) is 43.3 Å². The molecule has 2 aromatic carbocycles. The Morgan fingerprint density at radius 2 is 1.90 bits per heavy atom. The number of carbonyl (C=O) groups is 1. The van der Waals surface area contributed by atoms with E-state index in [1.54, 1.807) is 12.1 Å². The highest BCUT2D eigenvalue weighted by Crippen LogP contribution is 2.26. The second-order valence-corrected chi connectivity index (χ2v) is 11.4. The molecule has 9 heteroatoms. The molecule has 4 heterocycles. The molecule has 6 rings (SSSR count). The number of ether oxygens (including phenoxy) is 2. The number of imidazole rings is 1. The Labute approximate surface area is 245 Å². The highest BCUT2D eigenvalue weighted by molar-refractivity contribution is 5.92. The van der Waals surface area contributed by atoms with Crippen LogP contribution >= 0.6 is 0 Å². The summed E-state index contributed by atoms with van der Waals surface area (Å²) in [6, 6.07) is 19.1. The number of piperidine rings is 1. The topological polar surface area (TPSA) is 114 Å². The molecule has 0 amide bonds. The van der Waals surface area contributed by atoms with Crippen LogP contribution in [0.3, 0.4) is 0 Å². The number of nitriles is 1. The van der Waals surface area contributed by atoms with Gasteiger partial charge in [-0.1, -0.05) is 12.1 Å². The minimum atomic E-state index is -0.930. The number of fused-ring (bicyclic) bond motifs is 1. The summed E-state index contributed by atoms with van der Waals surface area (Å²) in [5, 5.41) is 18.9. The molecule has 9 nitrogen and oxygen atoms in total. The minimum absolute atomic E-state index is 0.152. The Hall–Kier alpha value is -4.26. The third-order valence-corrected chi connectivity index (χ3v) is 8.32. The van der Waals surface area contributed by atoms with Crippen molar-refractivity contribution in [2.75, 3.05) is 19.7 Å².